The summed E-state index contributed by atoms with van der Waals surface area (Å²) in [6.45, 7) is 4.43. The molecule has 0 spiro atoms. The van der Waals surface area contributed by atoms with Gasteiger partial charge in [0.1, 0.15) is 5.82 Å². The molecule has 0 atom stereocenters. The molecule has 0 aliphatic carbocycles. The number of hydrogen-bond acceptors (Lipinski definition) is 8. The highest BCUT2D eigenvalue weighted by Crippen LogP contribution is 2.20. The molecule has 0 bridgehead atoms. The summed E-state index contributed by atoms with van der Waals surface area (Å²) >= 11 is 0. The van der Waals surface area contributed by atoms with Gasteiger partial charge in [0.25, 0.3) is 5.91 Å². The number of hydrogen-bond donors (Lipinski definition) is 2. The molecule has 2 N–H and O–H groups in total. The summed E-state index contributed by atoms with van der Waals surface area (Å²) in [4.78, 5) is 29.9. The van der Waals surface area contributed by atoms with Gasteiger partial charge >= 0.3 is 0 Å². The lowest BCUT2D eigenvalue weighted by Crippen LogP contribution is -2.38. The monoisotopic (exact) mass is 387 g/mol. The molecule has 2 fully saturated rings. The average molecular weight is 387 g/mol. The van der Waals surface area contributed by atoms with Crippen LogP contribution in [0.2, 0.25) is 0 Å². The van der Waals surface area contributed by atoms with E-state index in [-0.39, 0.29) is 5.95 Å². The zero-order valence-corrected chi connectivity index (χ0v) is 15.4. The highest BCUT2D eigenvalue weighted by Gasteiger charge is 2.21. The van der Waals surface area contributed by atoms with Crippen molar-refractivity contribution in [3.8, 4) is 0 Å². The molecule has 9 nitrogen and oxygen atoms in total. The van der Waals surface area contributed by atoms with E-state index >= 15 is 0 Å². The van der Waals surface area contributed by atoms with Gasteiger partial charge in [-0.1, -0.05) is 0 Å². The first-order valence-electron chi connectivity index (χ1n) is 9.35. The summed E-state index contributed by atoms with van der Waals surface area (Å²) in [5.41, 5.74) is 5.65. The lowest BCUT2D eigenvalue weighted by molar-refractivity contribution is 0.0962. The fourth-order valence-electron chi connectivity index (χ4n) is 3.16. The van der Waals surface area contributed by atoms with Crippen LogP contribution >= 0.6 is 0 Å². The molecule has 0 unspecified atom stereocenters. The average Bonchev–Trinajstić information content (AvgIpc) is 3.28. The smallest absolute Gasteiger partial charge is 0.269 e. The zero-order valence-electron chi connectivity index (χ0n) is 15.4. The molecule has 0 radical (unpaired) electrons. The third kappa shape index (κ3) is 4.28. The summed E-state index contributed by atoms with van der Waals surface area (Å²) in [7, 11) is 0. The second kappa shape index (κ2) is 8.34. The molecule has 2 aromatic rings. The van der Waals surface area contributed by atoms with Gasteiger partial charge in [-0.15, -0.1) is 0 Å². The third-order valence-corrected chi connectivity index (χ3v) is 4.69. The Bertz CT molecular complexity index is 821. The lowest BCUT2D eigenvalue weighted by Gasteiger charge is -2.28. The van der Waals surface area contributed by atoms with Gasteiger partial charge in [-0.2, -0.15) is 15.0 Å². The molecular weight excluding hydrogens is 365 g/mol. The van der Waals surface area contributed by atoms with E-state index in [0.29, 0.717) is 43.8 Å². The van der Waals surface area contributed by atoms with Crippen molar-refractivity contribution in [2.75, 3.05) is 54.6 Å². The Labute approximate surface area is 161 Å². The summed E-state index contributed by atoms with van der Waals surface area (Å²) < 4.78 is 18.4. The number of anilines is 3. The number of halogens is 1. The van der Waals surface area contributed by atoms with Crippen molar-refractivity contribution in [1.82, 2.24) is 20.4 Å². The van der Waals surface area contributed by atoms with Crippen molar-refractivity contribution in [2.45, 2.75) is 12.8 Å². The van der Waals surface area contributed by atoms with Crippen molar-refractivity contribution in [3.05, 3.63) is 35.6 Å². The van der Waals surface area contributed by atoms with Crippen LogP contribution in [0.25, 0.3) is 0 Å². The van der Waals surface area contributed by atoms with Gasteiger partial charge in [0.05, 0.1) is 13.2 Å². The van der Waals surface area contributed by atoms with Crippen molar-refractivity contribution in [3.63, 3.8) is 0 Å². The first-order valence-corrected chi connectivity index (χ1v) is 9.35. The van der Waals surface area contributed by atoms with Gasteiger partial charge in [0.15, 0.2) is 0 Å². The van der Waals surface area contributed by atoms with Crippen LogP contribution in [0.1, 0.15) is 23.2 Å². The highest BCUT2D eigenvalue weighted by atomic mass is 19.1. The summed E-state index contributed by atoms with van der Waals surface area (Å²) in [6.07, 6.45) is 2.20. The van der Waals surface area contributed by atoms with Crippen LogP contribution in [0.5, 0.6) is 0 Å². The van der Waals surface area contributed by atoms with Crippen LogP contribution in [0.3, 0.4) is 0 Å². The highest BCUT2D eigenvalue weighted by molar-refractivity contribution is 5.94. The maximum Gasteiger partial charge on any atom is 0.269 e. The number of aromatic nitrogens is 3. The Balaban J connectivity index is 1.51. The van der Waals surface area contributed by atoms with E-state index in [9.17, 15) is 9.18 Å². The van der Waals surface area contributed by atoms with E-state index in [1.165, 1.54) is 24.3 Å². The fraction of sp³-hybridized carbons (Fsp3) is 0.444. The Hall–Kier alpha value is -3.01. The number of carbonyl (C=O) groups is 1. The van der Waals surface area contributed by atoms with Crippen LogP contribution in [-0.4, -0.2) is 60.3 Å². The van der Waals surface area contributed by atoms with Crippen LogP contribution in [0.4, 0.5) is 22.2 Å². The molecule has 28 heavy (non-hydrogen) atoms. The fourth-order valence-corrected chi connectivity index (χ4v) is 3.16. The van der Waals surface area contributed by atoms with E-state index in [2.05, 4.69) is 30.7 Å². The number of nitrogens with zero attached hydrogens (tertiary/aromatic N) is 5. The molecule has 2 aliphatic rings. The van der Waals surface area contributed by atoms with E-state index in [1.54, 1.807) is 0 Å². The molecule has 148 valence electrons. The minimum Gasteiger partial charge on any atom is -0.378 e. The molecule has 10 heteroatoms. The summed E-state index contributed by atoms with van der Waals surface area (Å²) in [6, 6.07) is 5.29. The van der Waals surface area contributed by atoms with Gasteiger partial charge in [-0.25, -0.2) is 4.39 Å². The van der Waals surface area contributed by atoms with Crippen LogP contribution < -0.4 is 20.7 Å². The second-order valence-electron chi connectivity index (χ2n) is 6.64. The van der Waals surface area contributed by atoms with Crippen molar-refractivity contribution < 1.29 is 13.9 Å². The Morgan fingerprint density at radius 2 is 1.54 bits per heavy atom. The molecule has 1 amide bonds. The van der Waals surface area contributed by atoms with Crippen molar-refractivity contribution >= 4 is 23.8 Å². The Morgan fingerprint density at radius 3 is 2.18 bits per heavy atom. The number of rotatable bonds is 5. The summed E-state index contributed by atoms with van der Waals surface area (Å²) in [5.74, 6) is 0.601. The number of hydrazine groups is 1. The molecule has 0 saturated carbocycles. The number of amides is 1. The largest absolute Gasteiger partial charge is 0.378 e. The summed E-state index contributed by atoms with van der Waals surface area (Å²) in [5, 5.41) is 0. The molecule has 2 saturated heterocycles. The Morgan fingerprint density at radius 1 is 0.929 bits per heavy atom. The minimum atomic E-state index is -0.406. The van der Waals surface area contributed by atoms with E-state index < -0.39 is 11.7 Å². The predicted molar refractivity (Wildman–Crippen MR) is 102 cm³/mol. The van der Waals surface area contributed by atoms with Crippen LogP contribution in [-0.2, 0) is 4.74 Å². The standard InChI is InChI=1S/C18H22FN7O2/c19-14-5-3-13(4-6-14)15(27)23-24-16-20-17(25-7-1-2-8-25)22-18(21-16)26-9-11-28-12-10-26/h3-6H,1-2,7-12H2,(H,23,27)(H,20,21,22,24). The quantitative estimate of drug-likeness (QED) is 0.739. The maximum atomic E-state index is 13.0. The molecule has 3 heterocycles. The lowest BCUT2D eigenvalue weighted by atomic mass is 10.2. The third-order valence-electron chi connectivity index (χ3n) is 4.69. The number of carbonyl (C=O) groups excluding carboxylic acids is 1. The van der Waals surface area contributed by atoms with Gasteiger partial charge in [-0.05, 0) is 37.1 Å². The molecule has 2 aliphatic heterocycles. The van der Waals surface area contributed by atoms with E-state index in [4.69, 9.17) is 4.74 Å². The van der Waals surface area contributed by atoms with Gasteiger partial charge in [-0.3, -0.25) is 15.6 Å². The Kier molecular flexibility index (Phi) is 5.47. The normalized spacial score (nSPS) is 16.9. The number of benzene rings is 1. The SMILES string of the molecule is O=C(NNc1nc(N2CCCC2)nc(N2CCOCC2)n1)c1ccc(F)cc1. The maximum absolute atomic E-state index is 13.0. The zero-order chi connectivity index (χ0) is 19.3. The van der Waals surface area contributed by atoms with E-state index in [0.717, 1.165) is 25.9 Å². The first-order chi connectivity index (χ1) is 13.7. The number of nitrogens with one attached hydrogen (secondary N) is 2. The predicted octanol–water partition coefficient (Wildman–Crippen LogP) is 1.20. The second-order valence-corrected chi connectivity index (χ2v) is 6.64. The van der Waals surface area contributed by atoms with E-state index in [1.807, 2.05) is 4.90 Å². The number of ether oxygens (including phenoxy) is 1. The first kappa shape index (κ1) is 18.4. The number of morpholine rings is 1. The van der Waals surface area contributed by atoms with Crippen LogP contribution in [0.15, 0.2) is 24.3 Å². The van der Waals surface area contributed by atoms with Crippen LogP contribution in [0, 0.1) is 5.82 Å². The van der Waals surface area contributed by atoms with Gasteiger partial charge in [0, 0.05) is 31.7 Å². The van der Waals surface area contributed by atoms with Gasteiger partial charge < -0.3 is 14.5 Å². The molecule has 1 aromatic carbocycles. The molecule has 1 aromatic heterocycles. The molecular formula is C18H22FN7O2. The van der Waals surface area contributed by atoms with Crippen molar-refractivity contribution in [2.24, 2.45) is 0 Å². The van der Waals surface area contributed by atoms with Crippen molar-refractivity contribution in [1.29, 1.82) is 0 Å². The minimum absolute atomic E-state index is 0.258. The van der Waals surface area contributed by atoms with Gasteiger partial charge in [0.2, 0.25) is 17.8 Å². The topological polar surface area (TPSA) is 95.5 Å². The molecule has 4 rings (SSSR count).